The van der Waals surface area contributed by atoms with E-state index in [0.29, 0.717) is 12.8 Å². The number of esters is 1. The lowest BCUT2D eigenvalue weighted by Crippen LogP contribution is -2.00. The van der Waals surface area contributed by atoms with Crippen LogP contribution in [0.25, 0.3) is 0 Å². The standard InChI is InChI=1S/C8H14O2/c1-3-5-6-8(9)10-7-4-2/h7H,2-6H2,1H3. The molecule has 2 nitrogen and oxygen atoms in total. The van der Waals surface area contributed by atoms with Gasteiger partial charge in [-0.15, -0.1) is 0 Å². The zero-order chi connectivity index (χ0) is 7.82. The summed E-state index contributed by atoms with van der Waals surface area (Å²) >= 11 is 0. The van der Waals surface area contributed by atoms with Gasteiger partial charge in [-0.1, -0.05) is 13.3 Å². The third-order valence-electron chi connectivity index (χ3n) is 1.07. The molecule has 2 radical (unpaired) electrons. The van der Waals surface area contributed by atoms with Crippen LogP contribution in [-0.2, 0) is 9.53 Å². The minimum absolute atomic E-state index is 0.148. The maximum Gasteiger partial charge on any atom is 0.306 e. The van der Waals surface area contributed by atoms with Crippen LogP contribution in [0, 0.1) is 13.5 Å². The molecule has 0 fully saturated rings. The molecule has 0 rings (SSSR count). The van der Waals surface area contributed by atoms with Crippen molar-refractivity contribution in [3.63, 3.8) is 0 Å². The molecule has 0 spiro atoms. The van der Waals surface area contributed by atoms with E-state index in [0.717, 1.165) is 12.8 Å². The van der Waals surface area contributed by atoms with Gasteiger partial charge in [0, 0.05) is 6.42 Å². The second-order valence-corrected chi connectivity index (χ2v) is 2.05. The number of hydrogen-bond acceptors (Lipinski definition) is 2. The first-order valence-corrected chi connectivity index (χ1v) is 3.61. The molecular formula is C8H14O2. The topological polar surface area (TPSA) is 26.3 Å². The van der Waals surface area contributed by atoms with Gasteiger partial charge in [0.25, 0.3) is 0 Å². The highest BCUT2D eigenvalue weighted by Crippen LogP contribution is 1.98. The minimum atomic E-state index is -0.148. The molecule has 58 valence electrons. The maximum atomic E-state index is 10.7. The molecular weight excluding hydrogens is 128 g/mol. The van der Waals surface area contributed by atoms with Crippen LogP contribution in [0.2, 0.25) is 0 Å². The molecule has 0 unspecified atom stereocenters. The van der Waals surface area contributed by atoms with Gasteiger partial charge in [-0.05, 0) is 19.8 Å². The Kier molecular flexibility index (Phi) is 6.24. The lowest BCUT2D eigenvalue weighted by Gasteiger charge is -1.99. The summed E-state index contributed by atoms with van der Waals surface area (Å²) in [6.45, 7) is 6.97. The summed E-state index contributed by atoms with van der Waals surface area (Å²) in [7, 11) is 0. The number of unbranched alkanes of at least 4 members (excludes halogenated alkanes) is 1. The minimum Gasteiger partial charge on any atom is -0.458 e. The molecule has 0 aliphatic heterocycles. The Morgan fingerprint density at radius 1 is 1.70 bits per heavy atom. The largest absolute Gasteiger partial charge is 0.458 e. The molecule has 0 aliphatic carbocycles. The van der Waals surface area contributed by atoms with E-state index in [4.69, 9.17) is 0 Å². The first kappa shape index (κ1) is 9.47. The Bertz CT molecular complexity index is 79.3. The molecule has 0 aliphatic rings. The highest BCUT2D eigenvalue weighted by Gasteiger charge is 1.99. The van der Waals surface area contributed by atoms with Crippen LogP contribution < -0.4 is 0 Å². The van der Waals surface area contributed by atoms with E-state index in [1.54, 1.807) is 0 Å². The summed E-state index contributed by atoms with van der Waals surface area (Å²) in [5.74, 6) is -0.148. The van der Waals surface area contributed by atoms with Gasteiger partial charge >= 0.3 is 5.97 Å². The molecule has 0 amide bonds. The zero-order valence-corrected chi connectivity index (χ0v) is 6.43. The van der Waals surface area contributed by atoms with Crippen LogP contribution in [0.5, 0.6) is 0 Å². The highest BCUT2D eigenvalue weighted by molar-refractivity contribution is 5.69. The molecule has 0 saturated heterocycles. The van der Waals surface area contributed by atoms with Gasteiger partial charge in [0.15, 0.2) is 0 Å². The molecule has 0 heterocycles. The summed E-state index contributed by atoms with van der Waals surface area (Å²) < 4.78 is 4.67. The Morgan fingerprint density at radius 2 is 2.40 bits per heavy atom. The van der Waals surface area contributed by atoms with Crippen LogP contribution in [0.3, 0.4) is 0 Å². The average molecular weight is 142 g/mol. The fourth-order valence-electron chi connectivity index (χ4n) is 0.532. The van der Waals surface area contributed by atoms with Crippen molar-refractivity contribution in [3.8, 4) is 0 Å². The van der Waals surface area contributed by atoms with Gasteiger partial charge in [0.1, 0.15) is 6.61 Å². The van der Waals surface area contributed by atoms with Gasteiger partial charge in [-0.2, -0.15) is 0 Å². The zero-order valence-electron chi connectivity index (χ0n) is 6.43. The number of hydrogen-bond donors (Lipinski definition) is 0. The number of ether oxygens (including phenoxy) is 1. The Labute approximate surface area is 62.6 Å². The van der Waals surface area contributed by atoms with Gasteiger partial charge in [-0.3, -0.25) is 4.79 Å². The summed E-state index contributed by atoms with van der Waals surface area (Å²) in [6.07, 6.45) is 2.99. The lowest BCUT2D eigenvalue weighted by molar-refractivity contribution is -0.140. The normalized spacial score (nSPS) is 9.40. The summed E-state index contributed by atoms with van der Waals surface area (Å²) in [5, 5.41) is 0. The van der Waals surface area contributed by atoms with Crippen molar-refractivity contribution >= 4 is 5.97 Å². The third kappa shape index (κ3) is 5.60. The van der Waals surface area contributed by atoms with E-state index in [2.05, 4.69) is 11.7 Å². The molecule has 0 bridgehead atoms. The van der Waals surface area contributed by atoms with E-state index in [-0.39, 0.29) is 5.97 Å². The molecule has 0 saturated carbocycles. The van der Waals surface area contributed by atoms with E-state index in [9.17, 15) is 4.79 Å². The van der Waals surface area contributed by atoms with Gasteiger partial charge in [0.05, 0.1) is 0 Å². The molecule has 0 N–H and O–H groups in total. The predicted octanol–water partition coefficient (Wildman–Crippen LogP) is 2.11. The fourth-order valence-corrected chi connectivity index (χ4v) is 0.532. The van der Waals surface area contributed by atoms with Crippen LogP contribution in [0.15, 0.2) is 0 Å². The second kappa shape index (κ2) is 6.59. The van der Waals surface area contributed by atoms with Crippen molar-refractivity contribution in [2.75, 3.05) is 0 Å². The van der Waals surface area contributed by atoms with Crippen molar-refractivity contribution in [1.29, 1.82) is 0 Å². The molecule has 2 heteroatoms. The third-order valence-corrected chi connectivity index (χ3v) is 1.07. The molecule has 0 aromatic heterocycles. The average Bonchev–Trinajstić information content (AvgIpc) is 1.97. The quantitative estimate of drug-likeness (QED) is 0.549. The van der Waals surface area contributed by atoms with Gasteiger partial charge in [-0.25, -0.2) is 0 Å². The van der Waals surface area contributed by atoms with Crippen molar-refractivity contribution in [2.45, 2.75) is 32.6 Å². The van der Waals surface area contributed by atoms with Crippen molar-refractivity contribution in [2.24, 2.45) is 0 Å². The van der Waals surface area contributed by atoms with E-state index in [1.807, 2.05) is 6.92 Å². The first-order chi connectivity index (χ1) is 4.81. The number of carbonyl (C=O) groups excluding carboxylic acids is 1. The summed E-state index contributed by atoms with van der Waals surface area (Å²) in [6, 6.07) is 0. The Morgan fingerprint density at radius 3 is 2.90 bits per heavy atom. The number of carbonyl (C=O) groups is 1. The first-order valence-electron chi connectivity index (χ1n) is 3.61. The molecule has 0 aromatic rings. The maximum absolute atomic E-state index is 10.7. The predicted molar refractivity (Wildman–Crippen MR) is 39.9 cm³/mol. The Hall–Kier alpha value is -0.530. The van der Waals surface area contributed by atoms with E-state index >= 15 is 0 Å². The smallest absolute Gasteiger partial charge is 0.306 e. The van der Waals surface area contributed by atoms with Gasteiger partial charge < -0.3 is 4.74 Å². The van der Waals surface area contributed by atoms with Gasteiger partial charge in [0.2, 0.25) is 0 Å². The summed E-state index contributed by atoms with van der Waals surface area (Å²) in [4.78, 5) is 10.7. The van der Waals surface area contributed by atoms with Crippen molar-refractivity contribution in [3.05, 3.63) is 13.5 Å². The second-order valence-electron chi connectivity index (χ2n) is 2.05. The molecule has 0 atom stereocenters. The SMILES string of the molecule is [CH2]C[CH]OC(=O)CCCC. The molecule has 0 aromatic carbocycles. The summed E-state index contributed by atoms with van der Waals surface area (Å²) in [5.41, 5.74) is 0. The van der Waals surface area contributed by atoms with Crippen LogP contribution in [0.4, 0.5) is 0 Å². The van der Waals surface area contributed by atoms with Crippen LogP contribution >= 0.6 is 0 Å². The fraction of sp³-hybridized carbons (Fsp3) is 0.625. The van der Waals surface area contributed by atoms with Crippen LogP contribution in [0.1, 0.15) is 32.6 Å². The van der Waals surface area contributed by atoms with E-state index in [1.165, 1.54) is 6.61 Å². The number of rotatable bonds is 5. The Balaban J connectivity index is 3.09. The van der Waals surface area contributed by atoms with Crippen molar-refractivity contribution in [1.82, 2.24) is 0 Å². The van der Waals surface area contributed by atoms with E-state index < -0.39 is 0 Å². The highest BCUT2D eigenvalue weighted by atomic mass is 16.5. The molecule has 10 heavy (non-hydrogen) atoms. The van der Waals surface area contributed by atoms with Crippen molar-refractivity contribution < 1.29 is 9.53 Å². The lowest BCUT2D eigenvalue weighted by atomic mass is 10.2. The monoisotopic (exact) mass is 142 g/mol. The van der Waals surface area contributed by atoms with Crippen LogP contribution in [-0.4, -0.2) is 5.97 Å².